The molecule has 0 bridgehead atoms. The van der Waals surface area contributed by atoms with Gasteiger partial charge >= 0.3 is 0 Å². The van der Waals surface area contributed by atoms with Crippen molar-refractivity contribution in [2.24, 2.45) is 5.92 Å². The van der Waals surface area contributed by atoms with Gasteiger partial charge in [0, 0.05) is 11.1 Å². The summed E-state index contributed by atoms with van der Waals surface area (Å²) in [5, 5.41) is 3.56. The van der Waals surface area contributed by atoms with Crippen LogP contribution in [0.25, 0.3) is 0 Å². The molecular formula is C17H22N2S. The molecule has 0 aliphatic rings. The first-order valence-corrected chi connectivity index (χ1v) is 8.16. The molecule has 1 aromatic heterocycles. The lowest BCUT2D eigenvalue weighted by Gasteiger charge is -2.24. The van der Waals surface area contributed by atoms with E-state index in [1.807, 2.05) is 12.3 Å². The van der Waals surface area contributed by atoms with Crippen LogP contribution in [0.3, 0.4) is 0 Å². The molecule has 1 aromatic carbocycles. The highest BCUT2D eigenvalue weighted by molar-refractivity contribution is 7.98. The number of pyridine rings is 1. The van der Waals surface area contributed by atoms with Crippen molar-refractivity contribution >= 4 is 17.6 Å². The van der Waals surface area contributed by atoms with E-state index >= 15 is 0 Å². The largest absolute Gasteiger partial charge is 0.363 e. The second kappa shape index (κ2) is 6.80. The summed E-state index contributed by atoms with van der Waals surface area (Å²) >= 11 is 1.77. The van der Waals surface area contributed by atoms with E-state index in [9.17, 15) is 0 Å². The van der Waals surface area contributed by atoms with Gasteiger partial charge in [-0.25, -0.2) is 4.98 Å². The maximum Gasteiger partial charge on any atom is 0.126 e. The molecule has 0 saturated heterocycles. The average molecular weight is 286 g/mol. The third kappa shape index (κ3) is 3.76. The molecule has 3 heteroatoms. The smallest absolute Gasteiger partial charge is 0.126 e. The van der Waals surface area contributed by atoms with E-state index in [4.69, 9.17) is 0 Å². The van der Waals surface area contributed by atoms with Gasteiger partial charge in [-0.05, 0) is 54.5 Å². The van der Waals surface area contributed by atoms with E-state index < -0.39 is 0 Å². The fraction of sp³-hybridized carbons (Fsp3) is 0.353. The zero-order valence-electron chi connectivity index (χ0n) is 12.6. The molecule has 2 aromatic rings. The van der Waals surface area contributed by atoms with Crippen molar-refractivity contribution in [1.82, 2.24) is 4.98 Å². The number of hydrogen-bond donors (Lipinski definition) is 1. The molecule has 0 saturated carbocycles. The molecular weight excluding hydrogens is 264 g/mol. The van der Waals surface area contributed by atoms with Crippen LogP contribution in [0.2, 0.25) is 0 Å². The van der Waals surface area contributed by atoms with Crippen molar-refractivity contribution in [3.8, 4) is 0 Å². The summed E-state index contributed by atoms with van der Waals surface area (Å²) in [6.07, 6.45) is 3.95. The zero-order valence-corrected chi connectivity index (χ0v) is 13.4. The van der Waals surface area contributed by atoms with Crippen LogP contribution >= 0.6 is 11.8 Å². The van der Waals surface area contributed by atoms with E-state index in [1.165, 1.54) is 16.0 Å². The molecule has 1 N–H and O–H groups in total. The van der Waals surface area contributed by atoms with E-state index in [-0.39, 0.29) is 6.04 Å². The predicted molar refractivity (Wildman–Crippen MR) is 88.4 cm³/mol. The van der Waals surface area contributed by atoms with Crippen molar-refractivity contribution < 1.29 is 0 Å². The van der Waals surface area contributed by atoms with Gasteiger partial charge in [0.1, 0.15) is 5.82 Å². The Morgan fingerprint density at radius 3 is 2.35 bits per heavy atom. The van der Waals surface area contributed by atoms with Gasteiger partial charge < -0.3 is 5.32 Å². The van der Waals surface area contributed by atoms with Crippen molar-refractivity contribution in [1.29, 1.82) is 0 Å². The standard InChI is InChI=1S/C17H22N2S/c1-12(2)17(14-5-7-15(20-4)8-6-14)19-16-11-13(3)9-10-18-16/h5-12,17H,1-4H3,(H,18,19). The number of rotatable bonds is 5. The summed E-state index contributed by atoms with van der Waals surface area (Å²) in [5.41, 5.74) is 2.53. The average Bonchev–Trinajstić information content (AvgIpc) is 2.45. The Bertz CT molecular complexity index is 549. The highest BCUT2D eigenvalue weighted by Gasteiger charge is 2.16. The van der Waals surface area contributed by atoms with Crippen molar-refractivity contribution in [2.45, 2.75) is 31.7 Å². The Hall–Kier alpha value is -1.48. The van der Waals surface area contributed by atoms with Crippen LogP contribution in [0.5, 0.6) is 0 Å². The molecule has 0 aliphatic carbocycles. The summed E-state index contributed by atoms with van der Waals surface area (Å²) in [5.74, 6) is 1.44. The van der Waals surface area contributed by atoms with Gasteiger partial charge in [-0.3, -0.25) is 0 Å². The number of thioether (sulfide) groups is 1. The van der Waals surface area contributed by atoms with E-state index in [0.717, 1.165) is 5.82 Å². The first kappa shape index (κ1) is 14.9. The number of benzene rings is 1. The van der Waals surface area contributed by atoms with Gasteiger partial charge in [0.2, 0.25) is 0 Å². The lowest BCUT2D eigenvalue weighted by molar-refractivity contribution is 0.544. The summed E-state index contributed by atoms with van der Waals surface area (Å²) in [6, 6.07) is 13.2. The Balaban J connectivity index is 2.22. The minimum Gasteiger partial charge on any atom is -0.363 e. The SMILES string of the molecule is CSc1ccc(C(Nc2cc(C)ccn2)C(C)C)cc1. The molecule has 2 rings (SSSR count). The highest BCUT2D eigenvalue weighted by Crippen LogP contribution is 2.27. The molecule has 0 aliphatic heterocycles. The number of nitrogens with zero attached hydrogens (tertiary/aromatic N) is 1. The Labute approximate surface area is 126 Å². The van der Waals surface area contributed by atoms with E-state index in [0.29, 0.717) is 5.92 Å². The maximum atomic E-state index is 4.41. The molecule has 1 heterocycles. The molecule has 0 spiro atoms. The maximum absolute atomic E-state index is 4.41. The second-order valence-electron chi connectivity index (χ2n) is 5.36. The van der Waals surface area contributed by atoms with Gasteiger partial charge in [-0.1, -0.05) is 26.0 Å². The Morgan fingerprint density at radius 1 is 1.10 bits per heavy atom. The molecule has 20 heavy (non-hydrogen) atoms. The molecule has 0 fully saturated rings. The molecule has 0 amide bonds. The fourth-order valence-electron chi connectivity index (χ4n) is 2.22. The van der Waals surface area contributed by atoms with Gasteiger partial charge in [-0.15, -0.1) is 11.8 Å². The van der Waals surface area contributed by atoms with Crippen LogP contribution in [-0.4, -0.2) is 11.2 Å². The van der Waals surface area contributed by atoms with Gasteiger partial charge in [0.05, 0.1) is 6.04 Å². The number of hydrogen-bond acceptors (Lipinski definition) is 3. The summed E-state index contributed by atoms with van der Waals surface area (Å²) in [7, 11) is 0. The minimum atomic E-state index is 0.278. The third-order valence-corrected chi connectivity index (χ3v) is 4.10. The molecule has 0 radical (unpaired) electrons. The Kier molecular flexibility index (Phi) is 5.07. The van der Waals surface area contributed by atoms with Crippen LogP contribution in [0.15, 0.2) is 47.5 Å². The van der Waals surface area contributed by atoms with Crippen LogP contribution in [-0.2, 0) is 0 Å². The highest BCUT2D eigenvalue weighted by atomic mass is 32.2. The normalized spacial score (nSPS) is 12.4. The fourth-order valence-corrected chi connectivity index (χ4v) is 2.63. The number of nitrogens with one attached hydrogen (secondary N) is 1. The summed E-state index contributed by atoms with van der Waals surface area (Å²) < 4.78 is 0. The minimum absolute atomic E-state index is 0.278. The first-order valence-electron chi connectivity index (χ1n) is 6.93. The predicted octanol–water partition coefficient (Wildman–Crippen LogP) is 4.92. The van der Waals surface area contributed by atoms with Gasteiger partial charge in [0.15, 0.2) is 0 Å². The lowest BCUT2D eigenvalue weighted by Crippen LogP contribution is -2.17. The summed E-state index contributed by atoms with van der Waals surface area (Å²) in [4.78, 5) is 5.70. The van der Waals surface area contributed by atoms with Crippen LogP contribution in [0.1, 0.15) is 31.0 Å². The van der Waals surface area contributed by atoms with E-state index in [1.54, 1.807) is 11.8 Å². The third-order valence-electron chi connectivity index (χ3n) is 3.36. The van der Waals surface area contributed by atoms with Gasteiger partial charge in [-0.2, -0.15) is 0 Å². The van der Waals surface area contributed by atoms with Crippen LogP contribution in [0, 0.1) is 12.8 Å². The number of anilines is 1. The molecule has 106 valence electrons. The molecule has 2 nitrogen and oxygen atoms in total. The first-order chi connectivity index (χ1) is 9.60. The van der Waals surface area contributed by atoms with Gasteiger partial charge in [0.25, 0.3) is 0 Å². The van der Waals surface area contributed by atoms with Crippen molar-refractivity contribution in [3.05, 3.63) is 53.7 Å². The van der Waals surface area contributed by atoms with Crippen molar-refractivity contribution in [3.63, 3.8) is 0 Å². The van der Waals surface area contributed by atoms with E-state index in [2.05, 4.69) is 67.7 Å². The monoisotopic (exact) mass is 286 g/mol. The molecule has 1 atom stereocenters. The van der Waals surface area contributed by atoms with Crippen LogP contribution in [0.4, 0.5) is 5.82 Å². The zero-order chi connectivity index (χ0) is 14.5. The number of aromatic nitrogens is 1. The summed E-state index contributed by atoms with van der Waals surface area (Å²) in [6.45, 7) is 6.55. The Morgan fingerprint density at radius 2 is 1.80 bits per heavy atom. The lowest BCUT2D eigenvalue weighted by atomic mass is 9.96. The quantitative estimate of drug-likeness (QED) is 0.790. The van der Waals surface area contributed by atoms with Crippen LogP contribution < -0.4 is 5.32 Å². The molecule has 1 unspecified atom stereocenters. The second-order valence-corrected chi connectivity index (χ2v) is 6.24. The topological polar surface area (TPSA) is 24.9 Å². The van der Waals surface area contributed by atoms with Crippen molar-refractivity contribution in [2.75, 3.05) is 11.6 Å². The number of aryl methyl sites for hydroxylation is 1.